The Labute approximate surface area is 116 Å². The standard InChI is InChI=1S/C18H26O/c1-18-9-2-3-17(18)16-6-4-12-11-13(19)5-7-14(12)15(16)8-10-18/h2,9,13,15-17,19H,3-8,10-11H2,1H3/t13-,15?,16?,17?,18-/m0/s1. The number of hydrogen-bond donors (Lipinski definition) is 1. The summed E-state index contributed by atoms with van der Waals surface area (Å²) in [6.45, 7) is 2.49. The fraction of sp³-hybridized carbons (Fsp3) is 0.778. The molecule has 1 nitrogen and oxygen atoms in total. The highest BCUT2D eigenvalue weighted by Gasteiger charge is 2.49. The summed E-state index contributed by atoms with van der Waals surface area (Å²) in [5, 5.41) is 9.89. The lowest BCUT2D eigenvalue weighted by Gasteiger charge is -2.50. The van der Waals surface area contributed by atoms with Crippen molar-refractivity contribution in [2.24, 2.45) is 23.2 Å². The van der Waals surface area contributed by atoms with Crippen LogP contribution in [0.3, 0.4) is 0 Å². The van der Waals surface area contributed by atoms with Gasteiger partial charge in [0.05, 0.1) is 6.10 Å². The summed E-state index contributed by atoms with van der Waals surface area (Å²) in [5.41, 5.74) is 3.94. The molecule has 1 N–H and O–H groups in total. The molecule has 0 spiro atoms. The molecular formula is C18H26O. The number of aliphatic hydroxyl groups excluding tert-OH is 1. The molecule has 4 aliphatic rings. The molecular weight excluding hydrogens is 232 g/mol. The van der Waals surface area contributed by atoms with Crippen LogP contribution in [0.1, 0.15) is 58.3 Å². The van der Waals surface area contributed by atoms with Gasteiger partial charge in [-0.1, -0.05) is 30.2 Å². The van der Waals surface area contributed by atoms with Gasteiger partial charge in [-0.25, -0.2) is 0 Å². The highest BCUT2D eigenvalue weighted by molar-refractivity contribution is 5.28. The molecule has 0 aromatic heterocycles. The van der Waals surface area contributed by atoms with Crippen LogP contribution in [-0.4, -0.2) is 11.2 Å². The molecule has 0 bridgehead atoms. The lowest BCUT2D eigenvalue weighted by Crippen LogP contribution is -2.41. The molecule has 4 aliphatic carbocycles. The third-order valence-corrected chi connectivity index (χ3v) is 6.67. The Morgan fingerprint density at radius 2 is 2.11 bits per heavy atom. The Kier molecular flexibility index (Phi) is 2.71. The Bertz CT molecular complexity index is 447. The summed E-state index contributed by atoms with van der Waals surface area (Å²) < 4.78 is 0. The Morgan fingerprint density at radius 3 is 3.00 bits per heavy atom. The maximum Gasteiger partial charge on any atom is 0.0580 e. The minimum atomic E-state index is -0.0442. The van der Waals surface area contributed by atoms with E-state index in [0.29, 0.717) is 5.41 Å². The summed E-state index contributed by atoms with van der Waals surface area (Å²) >= 11 is 0. The minimum absolute atomic E-state index is 0.0442. The number of allylic oxidation sites excluding steroid dienone is 3. The molecule has 1 saturated carbocycles. The monoisotopic (exact) mass is 258 g/mol. The first-order valence-corrected chi connectivity index (χ1v) is 8.24. The molecule has 0 saturated heterocycles. The van der Waals surface area contributed by atoms with Gasteiger partial charge < -0.3 is 5.11 Å². The number of hydrogen-bond acceptors (Lipinski definition) is 1. The van der Waals surface area contributed by atoms with Gasteiger partial charge in [0.2, 0.25) is 0 Å². The molecule has 19 heavy (non-hydrogen) atoms. The molecule has 5 atom stereocenters. The fourth-order valence-corrected chi connectivity index (χ4v) is 5.67. The van der Waals surface area contributed by atoms with Crippen LogP contribution < -0.4 is 0 Å². The van der Waals surface area contributed by atoms with Crippen molar-refractivity contribution in [2.45, 2.75) is 64.4 Å². The topological polar surface area (TPSA) is 20.2 Å². The van der Waals surface area contributed by atoms with E-state index in [0.717, 1.165) is 30.6 Å². The first kappa shape index (κ1) is 12.2. The van der Waals surface area contributed by atoms with Crippen LogP contribution >= 0.6 is 0 Å². The van der Waals surface area contributed by atoms with Gasteiger partial charge in [0.1, 0.15) is 0 Å². The smallest absolute Gasteiger partial charge is 0.0580 e. The van der Waals surface area contributed by atoms with Crippen LogP contribution in [0, 0.1) is 23.2 Å². The van der Waals surface area contributed by atoms with Gasteiger partial charge >= 0.3 is 0 Å². The quantitative estimate of drug-likeness (QED) is 0.645. The first-order valence-electron chi connectivity index (χ1n) is 8.24. The van der Waals surface area contributed by atoms with Gasteiger partial charge in [-0.05, 0) is 74.5 Å². The molecule has 0 aromatic rings. The van der Waals surface area contributed by atoms with Gasteiger partial charge in [-0.15, -0.1) is 0 Å². The van der Waals surface area contributed by atoms with Crippen molar-refractivity contribution in [3.05, 3.63) is 23.3 Å². The van der Waals surface area contributed by atoms with Crippen molar-refractivity contribution in [1.82, 2.24) is 0 Å². The van der Waals surface area contributed by atoms with E-state index >= 15 is 0 Å². The van der Waals surface area contributed by atoms with Crippen LogP contribution in [0.15, 0.2) is 23.3 Å². The molecule has 1 fully saturated rings. The van der Waals surface area contributed by atoms with Crippen molar-refractivity contribution in [2.75, 3.05) is 0 Å². The summed E-state index contributed by atoms with van der Waals surface area (Å²) in [6.07, 6.45) is 14.9. The van der Waals surface area contributed by atoms with Gasteiger partial charge in [-0.2, -0.15) is 0 Å². The van der Waals surface area contributed by atoms with Crippen LogP contribution in [0.2, 0.25) is 0 Å². The van der Waals surface area contributed by atoms with Gasteiger partial charge in [0, 0.05) is 0 Å². The second kappa shape index (κ2) is 4.22. The molecule has 104 valence electrons. The van der Waals surface area contributed by atoms with Crippen molar-refractivity contribution in [3.8, 4) is 0 Å². The Hall–Kier alpha value is -0.560. The molecule has 0 aromatic carbocycles. The van der Waals surface area contributed by atoms with Crippen LogP contribution in [-0.2, 0) is 0 Å². The normalized spacial score (nSPS) is 48.7. The van der Waals surface area contributed by atoms with Crippen molar-refractivity contribution >= 4 is 0 Å². The second-order valence-electron chi connectivity index (χ2n) is 7.62. The molecule has 1 heteroatoms. The Morgan fingerprint density at radius 1 is 1.21 bits per heavy atom. The third-order valence-electron chi connectivity index (χ3n) is 6.67. The number of aliphatic hydroxyl groups is 1. The largest absolute Gasteiger partial charge is 0.393 e. The molecule has 0 amide bonds. The van der Waals surface area contributed by atoms with E-state index in [2.05, 4.69) is 19.1 Å². The van der Waals surface area contributed by atoms with E-state index in [9.17, 15) is 5.11 Å². The van der Waals surface area contributed by atoms with Crippen molar-refractivity contribution in [1.29, 1.82) is 0 Å². The number of fused-ring (bicyclic) bond motifs is 4. The van der Waals surface area contributed by atoms with E-state index in [4.69, 9.17) is 0 Å². The second-order valence-corrected chi connectivity index (χ2v) is 7.62. The van der Waals surface area contributed by atoms with Gasteiger partial charge in [0.15, 0.2) is 0 Å². The average Bonchev–Trinajstić information content (AvgIpc) is 2.79. The molecule has 0 radical (unpaired) electrons. The van der Waals surface area contributed by atoms with Crippen molar-refractivity contribution < 1.29 is 5.11 Å². The summed E-state index contributed by atoms with van der Waals surface area (Å²) in [4.78, 5) is 0. The highest BCUT2D eigenvalue weighted by atomic mass is 16.3. The minimum Gasteiger partial charge on any atom is -0.393 e. The summed E-state index contributed by atoms with van der Waals surface area (Å²) in [5.74, 6) is 2.71. The third kappa shape index (κ3) is 1.77. The summed E-state index contributed by atoms with van der Waals surface area (Å²) in [7, 11) is 0. The van der Waals surface area contributed by atoms with Crippen LogP contribution in [0.25, 0.3) is 0 Å². The predicted octanol–water partition coefficient (Wildman–Crippen LogP) is 4.23. The average molecular weight is 258 g/mol. The van der Waals surface area contributed by atoms with Gasteiger partial charge in [-0.3, -0.25) is 0 Å². The molecule has 0 heterocycles. The van der Waals surface area contributed by atoms with E-state index in [1.807, 2.05) is 0 Å². The zero-order valence-corrected chi connectivity index (χ0v) is 12.1. The Balaban J connectivity index is 1.64. The molecule has 0 aliphatic heterocycles. The lowest BCUT2D eigenvalue weighted by atomic mass is 9.54. The van der Waals surface area contributed by atoms with Crippen molar-refractivity contribution in [3.63, 3.8) is 0 Å². The zero-order valence-electron chi connectivity index (χ0n) is 12.1. The maximum atomic E-state index is 9.89. The highest BCUT2D eigenvalue weighted by Crippen LogP contribution is 2.58. The fourth-order valence-electron chi connectivity index (χ4n) is 5.67. The van der Waals surface area contributed by atoms with E-state index in [-0.39, 0.29) is 6.10 Å². The molecule has 3 unspecified atom stereocenters. The van der Waals surface area contributed by atoms with E-state index in [1.165, 1.54) is 38.5 Å². The first-order chi connectivity index (χ1) is 9.17. The summed E-state index contributed by atoms with van der Waals surface area (Å²) in [6, 6.07) is 0. The SMILES string of the molecule is C[C@@]12C=CCC1C1CCC3=C(CC[C@H](O)C3)C1CC2. The molecule has 4 rings (SSSR count). The zero-order chi connectivity index (χ0) is 13.0. The van der Waals surface area contributed by atoms with Crippen LogP contribution in [0.5, 0.6) is 0 Å². The maximum absolute atomic E-state index is 9.89. The van der Waals surface area contributed by atoms with Gasteiger partial charge in [0.25, 0.3) is 0 Å². The lowest BCUT2D eigenvalue weighted by molar-refractivity contribution is 0.0554. The van der Waals surface area contributed by atoms with E-state index < -0.39 is 0 Å². The number of rotatable bonds is 0. The van der Waals surface area contributed by atoms with Crippen LogP contribution in [0.4, 0.5) is 0 Å². The van der Waals surface area contributed by atoms with E-state index in [1.54, 1.807) is 11.1 Å². The predicted molar refractivity (Wildman–Crippen MR) is 77.7 cm³/mol.